The Morgan fingerprint density at radius 1 is 0.548 bits per heavy atom. The standard InChI is InChI=1S/C38H24N4/c39-24-26-9-15-31(16-10-26)41(32-17-13-27(14-18-32)30-6-3-23-40-25-30)33-19-21-34(22-20-33)42-35-7-1-4-28-11-12-29-5-2-8-36(42)38(29)37(28)35/h1-23,25H. The van der Waals surface area contributed by atoms with Crippen molar-refractivity contribution in [3.63, 3.8) is 0 Å². The molecule has 2 aromatic heterocycles. The molecule has 0 aliphatic heterocycles. The predicted octanol–water partition coefficient (Wildman–Crippen LogP) is 9.78. The summed E-state index contributed by atoms with van der Waals surface area (Å²) in [4.78, 5) is 6.49. The minimum atomic E-state index is 0.637. The molecule has 0 aliphatic rings. The zero-order valence-corrected chi connectivity index (χ0v) is 22.6. The van der Waals surface area contributed by atoms with E-state index in [9.17, 15) is 5.26 Å². The maximum Gasteiger partial charge on any atom is 0.0991 e. The van der Waals surface area contributed by atoms with Crippen molar-refractivity contribution in [1.82, 2.24) is 9.55 Å². The van der Waals surface area contributed by atoms with E-state index in [0.717, 1.165) is 33.9 Å². The van der Waals surface area contributed by atoms with Crippen molar-refractivity contribution in [2.24, 2.45) is 0 Å². The molecule has 0 spiro atoms. The molecule has 196 valence electrons. The van der Waals surface area contributed by atoms with Gasteiger partial charge < -0.3 is 9.47 Å². The van der Waals surface area contributed by atoms with Gasteiger partial charge in [0.15, 0.2) is 0 Å². The Labute approximate surface area is 243 Å². The Bertz CT molecular complexity index is 2150. The van der Waals surface area contributed by atoms with Crippen LogP contribution in [0.2, 0.25) is 0 Å². The highest BCUT2D eigenvalue weighted by Gasteiger charge is 2.17. The van der Waals surface area contributed by atoms with Crippen LogP contribution in [0.5, 0.6) is 0 Å². The van der Waals surface area contributed by atoms with Crippen molar-refractivity contribution in [3.8, 4) is 22.9 Å². The van der Waals surface area contributed by atoms with Gasteiger partial charge in [-0.3, -0.25) is 4.98 Å². The van der Waals surface area contributed by atoms with Crippen molar-refractivity contribution in [1.29, 1.82) is 5.26 Å². The van der Waals surface area contributed by atoms with E-state index in [0.29, 0.717) is 5.56 Å². The molecule has 0 unspecified atom stereocenters. The first-order chi connectivity index (χ1) is 20.8. The second-order valence-corrected chi connectivity index (χ2v) is 10.5. The summed E-state index contributed by atoms with van der Waals surface area (Å²) in [6.45, 7) is 0. The summed E-state index contributed by atoms with van der Waals surface area (Å²) in [5, 5.41) is 14.5. The molecule has 4 heteroatoms. The summed E-state index contributed by atoms with van der Waals surface area (Å²) in [7, 11) is 0. The fourth-order valence-electron chi connectivity index (χ4n) is 6.12. The van der Waals surface area contributed by atoms with Crippen molar-refractivity contribution in [3.05, 3.63) is 151 Å². The van der Waals surface area contributed by atoms with E-state index < -0.39 is 0 Å². The second-order valence-electron chi connectivity index (χ2n) is 10.5. The number of rotatable bonds is 5. The summed E-state index contributed by atoms with van der Waals surface area (Å²) < 4.78 is 2.36. The molecule has 8 rings (SSSR count). The number of hydrogen-bond donors (Lipinski definition) is 0. The van der Waals surface area contributed by atoms with Gasteiger partial charge in [-0.1, -0.05) is 54.6 Å². The van der Waals surface area contributed by atoms with E-state index in [1.54, 1.807) is 6.20 Å². The zero-order valence-electron chi connectivity index (χ0n) is 22.6. The monoisotopic (exact) mass is 536 g/mol. The van der Waals surface area contributed by atoms with Crippen LogP contribution in [0.25, 0.3) is 49.4 Å². The van der Waals surface area contributed by atoms with Gasteiger partial charge in [-0.05, 0) is 101 Å². The van der Waals surface area contributed by atoms with E-state index >= 15 is 0 Å². The third-order valence-corrected chi connectivity index (χ3v) is 8.06. The summed E-state index contributed by atoms with van der Waals surface area (Å²) in [5.41, 5.74) is 9.41. The van der Waals surface area contributed by atoms with Gasteiger partial charge in [0.1, 0.15) is 0 Å². The van der Waals surface area contributed by atoms with E-state index in [2.05, 4.69) is 124 Å². The largest absolute Gasteiger partial charge is 0.311 e. The van der Waals surface area contributed by atoms with Crippen LogP contribution in [-0.2, 0) is 0 Å². The van der Waals surface area contributed by atoms with E-state index in [4.69, 9.17) is 0 Å². The van der Waals surface area contributed by atoms with Crippen LogP contribution in [-0.4, -0.2) is 9.55 Å². The Hall–Kier alpha value is -5.92. The van der Waals surface area contributed by atoms with Crippen LogP contribution in [0.4, 0.5) is 17.1 Å². The van der Waals surface area contributed by atoms with Gasteiger partial charge in [-0.25, -0.2) is 0 Å². The Kier molecular flexibility index (Phi) is 5.48. The van der Waals surface area contributed by atoms with Crippen LogP contribution in [0.1, 0.15) is 5.56 Å². The molecule has 0 saturated heterocycles. The average Bonchev–Trinajstić information content (AvgIpc) is 3.41. The van der Waals surface area contributed by atoms with E-state index in [1.807, 2.05) is 36.5 Å². The third-order valence-electron chi connectivity index (χ3n) is 8.06. The van der Waals surface area contributed by atoms with E-state index in [1.165, 1.54) is 32.6 Å². The summed E-state index contributed by atoms with van der Waals surface area (Å²) in [6.07, 6.45) is 3.67. The van der Waals surface area contributed by atoms with Crippen LogP contribution in [0, 0.1) is 11.3 Å². The fraction of sp³-hybridized carbons (Fsp3) is 0. The van der Waals surface area contributed by atoms with Gasteiger partial charge in [0.2, 0.25) is 0 Å². The minimum absolute atomic E-state index is 0.637. The summed E-state index contributed by atoms with van der Waals surface area (Å²) in [6, 6.07) is 48.7. The number of anilines is 3. The van der Waals surface area contributed by atoms with Crippen LogP contribution < -0.4 is 4.90 Å². The molecule has 6 aromatic carbocycles. The molecule has 8 aromatic rings. The number of hydrogen-bond acceptors (Lipinski definition) is 3. The smallest absolute Gasteiger partial charge is 0.0991 e. The lowest BCUT2D eigenvalue weighted by atomic mass is 10.0. The first-order valence-electron chi connectivity index (χ1n) is 13.9. The van der Waals surface area contributed by atoms with Gasteiger partial charge >= 0.3 is 0 Å². The molecule has 0 bridgehead atoms. The molecule has 0 amide bonds. The van der Waals surface area contributed by atoms with Crippen LogP contribution in [0.3, 0.4) is 0 Å². The number of pyridine rings is 1. The van der Waals surface area contributed by atoms with Crippen LogP contribution in [0.15, 0.2) is 146 Å². The van der Waals surface area contributed by atoms with Crippen molar-refractivity contribution in [2.75, 3.05) is 4.90 Å². The van der Waals surface area contributed by atoms with Gasteiger partial charge in [0, 0.05) is 45.9 Å². The number of nitrogens with zero attached hydrogens (tertiary/aromatic N) is 4. The number of nitriles is 1. The number of aromatic nitrogens is 2. The first kappa shape index (κ1) is 23.9. The molecule has 0 fully saturated rings. The summed E-state index contributed by atoms with van der Waals surface area (Å²) in [5.74, 6) is 0. The van der Waals surface area contributed by atoms with Gasteiger partial charge in [-0.2, -0.15) is 5.26 Å². The molecule has 0 atom stereocenters. The Morgan fingerprint density at radius 2 is 1.12 bits per heavy atom. The topological polar surface area (TPSA) is 44.9 Å². The second kappa shape index (κ2) is 9.62. The lowest BCUT2D eigenvalue weighted by Gasteiger charge is -2.26. The molecule has 42 heavy (non-hydrogen) atoms. The highest BCUT2D eigenvalue weighted by Crippen LogP contribution is 2.40. The molecule has 4 nitrogen and oxygen atoms in total. The predicted molar refractivity (Wildman–Crippen MR) is 172 cm³/mol. The van der Waals surface area contributed by atoms with Crippen molar-refractivity contribution in [2.45, 2.75) is 0 Å². The maximum absolute atomic E-state index is 9.37. The maximum atomic E-state index is 9.37. The summed E-state index contributed by atoms with van der Waals surface area (Å²) >= 11 is 0. The van der Waals surface area contributed by atoms with Crippen molar-refractivity contribution < 1.29 is 0 Å². The molecule has 0 radical (unpaired) electrons. The minimum Gasteiger partial charge on any atom is -0.311 e. The van der Waals surface area contributed by atoms with Gasteiger partial charge in [-0.15, -0.1) is 0 Å². The van der Waals surface area contributed by atoms with Crippen molar-refractivity contribution >= 4 is 49.6 Å². The molecular formula is C38H24N4. The normalized spacial score (nSPS) is 11.3. The lowest BCUT2D eigenvalue weighted by molar-refractivity contribution is 1.17. The molecule has 2 heterocycles. The quantitative estimate of drug-likeness (QED) is 0.206. The SMILES string of the molecule is N#Cc1ccc(N(c2ccc(-c3cccnc3)cc2)c2ccc(-n3c4cccc5ccc6cccc3c6c54)cc2)cc1. The highest BCUT2D eigenvalue weighted by molar-refractivity contribution is 6.24. The van der Waals surface area contributed by atoms with E-state index in [-0.39, 0.29) is 0 Å². The van der Waals surface area contributed by atoms with Gasteiger partial charge in [0.25, 0.3) is 0 Å². The third kappa shape index (κ3) is 3.80. The highest BCUT2D eigenvalue weighted by atomic mass is 15.1. The molecule has 0 saturated carbocycles. The average molecular weight is 537 g/mol. The lowest BCUT2D eigenvalue weighted by Crippen LogP contribution is -2.10. The Balaban J connectivity index is 1.25. The molecular weight excluding hydrogens is 512 g/mol. The molecule has 0 aliphatic carbocycles. The number of benzene rings is 6. The molecule has 0 N–H and O–H groups in total. The zero-order chi connectivity index (χ0) is 28.0. The first-order valence-corrected chi connectivity index (χ1v) is 13.9. The fourth-order valence-corrected chi connectivity index (χ4v) is 6.12. The van der Waals surface area contributed by atoms with Gasteiger partial charge in [0.05, 0.1) is 22.7 Å². The Morgan fingerprint density at radius 3 is 1.67 bits per heavy atom. The van der Waals surface area contributed by atoms with Crippen LogP contribution >= 0.6 is 0 Å².